The number of hydrogen-bond acceptors (Lipinski definition) is 3. The van der Waals surface area contributed by atoms with E-state index in [9.17, 15) is 5.11 Å². The van der Waals surface area contributed by atoms with Crippen LogP contribution in [0.5, 0.6) is 0 Å². The maximum absolute atomic E-state index is 10.6. The standard InChI is InChI=1S/C20H37N3O2.HI/c1-2-21-19(22-14-18(24)17-8-4-3-5-9-17)23-12-6-10-20(15-23)11-7-13-25-16-20;/h17-18,24H,2-16H2,1H3,(H,21,22);1H. The van der Waals surface area contributed by atoms with Crippen LogP contribution < -0.4 is 5.32 Å². The Morgan fingerprint density at radius 3 is 2.69 bits per heavy atom. The molecule has 6 heteroatoms. The van der Waals surface area contributed by atoms with Crippen LogP contribution in [0.15, 0.2) is 4.99 Å². The maximum Gasteiger partial charge on any atom is 0.194 e. The molecular formula is C20H38IN3O2. The molecule has 0 radical (unpaired) electrons. The fourth-order valence-corrected chi connectivity index (χ4v) is 4.89. The Labute approximate surface area is 176 Å². The van der Waals surface area contributed by atoms with Crippen LogP contribution in [-0.4, -0.2) is 61.5 Å². The van der Waals surface area contributed by atoms with Gasteiger partial charge in [-0.1, -0.05) is 19.3 Å². The number of aliphatic hydroxyl groups is 1. The topological polar surface area (TPSA) is 57.1 Å². The van der Waals surface area contributed by atoms with Crippen molar-refractivity contribution in [2.24, 2.45) is 16.3 Å². The predicted molar refractivity (Wildman–Crippen MR) is 117 cm³/mol. The van der Waals surface area contributed by atoms with Crippen LogP contribution in [0.4, 0.5) is 0 Å². The van der Waals surface area contributed by atoms with Crippen LogP contribution in [0.2, 0.25) is 0 Å². The summed E-state index contributed by atoms with van der Waals surface area (Å²) in [7, 11) is 0. The number of nitrogens with zero attached hydrogens (tertiary/aromatic N) is 2. The number of rotatable bonds is 4. The van der Waals surface area contributed by atoms with Gasteiger partial charge in [-0.3, -0.25) is 4.99 Å². The first-order valence-corrected chi connectivity index (χ1v) is 10.5. The number of nitrogens with one attached hydrogen (secondary N) is 1. The molecule has 1 spiro atoms. The van der Waals surface area contributed by atoms with Crippen LogP contribution in [0.1, 0.15) is 64.7 Å². The number of aliphatic imine (C=N–C) groups is 1. The van der Waals surface area contributed by atoms with Crippen molar-refractivity contribution in [3.8, 4) is 0 Å². The summed E-state index contributed by atoms with van der Waals surface area (Å²) >= 11 is 0. The molecule has 5 nitrogen and oxygen atoms in total. The van der Waals surface area contributed by atoms with Crippen molar-refractivity contribution in [2.75, 3.05) is 39.4 Å². The van der Waals surface area contributed by atoms with E-state index >= 15 is 0 Å². The molecule has 2 N–H and O–H groups in total. The largest absolute Gasteiger partial charge is 0.391 e. The van der Waals surface area contributed by atoms with E-state index in [4.69, 9.17) is 9.73 Å². The molecular weight excluding hydrogens is 441 g/mol. The van der Waals surface area contributed by atoms with Gasteiger partial charge in [0.2, 0.25) is 0 Å². The number of likely N-dealkylation sites (tertiary alicyclic amines) is 1. The van der Waals surface area contributed by atoms with Gasteiger partial charge in [-0.15, -0.1) is 24.0 Å². The highest BCUT2D eigenvalue weighted by Gasteiger charge is 2.38. The molecule has 3 fully saturated rings. The van der Waals surface area contributed by atoms with Crippen molar-refractivity contribution in [3.63, 3.8) is 0 Å². The molecule has 2 unspecified atom stereocenters. The lowest BCUT2D eigenvalue weighted by molar-refractivity contribution is -0.0371. The third-order valence-corrected chi connectivity index (χ3v) is 6.32. The van der Waals surface area contributed by atoms with E-state index in [0.29, 0.717) is 17.9 Å². The summed E-state index contributed by atoms with van der Waals surface area (Å²) in [5, 5.41) is 14.0. The van der Waals surface area contributed by atoms with Crippen LogP contribution in [0.25, 0.3) is 0 Å². The molecule has 1 saturated carbocycles. The van der Waals surface area contributed by atoms with Crippen molar-refractivity contribution in [1.82, 2.24) is 10.2 Å². The van der Waals surface area contributed by atoms with E-state index in [-0.39, 0.29) is 30.1 Å². The normalized spacial score (nSPS) is 29.3. The van der Waals surface area contributed by atoms with Gasteiger partial charge in [0.05, 0.1) is 19.3 Å². The van der Waals surface area contributed by atoms with Gasteiger partial charge < -0.3 is 20.1 Å². The second-order valence-corrected chi connectivity index (χ2v) is 8.34. The zero-order valence-electron chi connectivity index (χ0n) is 16.4. The monoisotopic (exact) mass is 479 g/mol. The molecule has 3 aliphatic rings. The zero-order chi connectivity index (χ0) is 17.5. The Bertz CT molecular complexity index is 429. The second kappa shape index (κ2) is 11.1. The van der Waals surface area contributed by atoms with Gasteiger partial charge in [0.1, 0.15) is 0 Å². The number of ether oxygens (including phenoxy) is 1. The summed E-state index contributed by atoms with van der Waals surface area (Å²) < 4.78 is 5.80. The van der Waals surface area contributed by atoms with Gasteiger partial charge in [-0.2, -0.15) is 0 Å². The molecule has 2 heterocycles. The number of guanidine groups is 1. The van der Waals surface area contributed by atoms with Gasteiger partial charge in [-0.05, 0) is 51.4 Å². The van der Waals surface area contributed by atoms with Gasteiger partial charge in [0, 0.05) is 31.7 Å². The van der Waals surface area contributed by atoms with Crippen molar-refractivity contribution < 1.29 is 9.84 Å². The average Bonchev–Trinajstić information content (AvgIpc) is 2.66. The lowest BCUT2D eigenvalue weighted by Gasteiger charge is -2.45. The molecule has 2 saturated heterocycles. The Morgan fingerprint density at radius 1 is 1.23 bits per heavy atom. The molecule has 0 bridgehead atoms. The molecule has 1 aliphatic carbocycles. The van der Waals surface area contributed by atoms with E-state index < -0.39 is 0 Å². The summed E-state index contributed by atoms with van der Waals surface area (Å²) in [5.74, 6) is 1.43. The van der Waals surface area contributed by atoms with Crippen LogP contribution in [0.3, 0.4) is 0 Å². The minimum absolute atomic E-state index is 0. The average molecular weight is 479 g/mol. The summed E-state index contributed by atoms with van der Waals surface area (Å²) in [6, 6.07) is 0. The zero-order valence-corrected chi connectivity index (χ0v) is 18.7. The van der Waals surface area contributed by atoms with E-state index in [0.717, 1.165) is 51.6 Å². The third kappa shape index (κ3) is 5.96. The first kappa shape index (κ1) is 22.2. The smallest absolute Gasteiger partial charge is 0.194 e. The van der Waals surface area contributed by atoms with Gasteiger partial charge >= 0.3 is 0 Å². The lowest BCUT2D eigenvalue weighted by atomic mass is 9.76. The molecule has 2 aliphatic heterocycles. The summed E-state index contributed by atoms with van der Waals surface area (Å²) in [6.45, 7) is 7.45. The van der Waals surface area contributed by atoms with Gasteiger partial charge in [0.15, 0.2) is 5.96 Å². The summed E-state index contributed by atoms with van der Waals surface area (Å²) in [6.07, 6.45) is 10.8. The molecule has 0 aromatic heterocycles. The fraction of sp³-hybridized carbons (Fsp3) is 0.950. The summed E-state index contributed by atoms with van der Waals surface area (Å²) in [5.41, 5.74) is 0.314. The predicted octanol–water partition coefficient (Wildman–Crippen LogP) is 3.40. The first-order chi connectivity index (χ1) is 12.2. The Balaban J connectivity index is 0.00000243. The quantitative estimate of drug-likeness (QED) is 0.369. The van der Waals surface area contributed by atoms with Crippen LogP contribution >= 0.6 is 24.0 Å². The van der Waals surface area contributed by atoms with E-state index in [1.165, 1.54) is 44.9 Å². The van der Waals surface area contributed by atoms with Crippen molar-refractivity contribution in [2.45, 2.75) is 70.8 Å². The summed E-state index contributed by atoms with van der Waals surface area (Å²) in [4.78, 5) is 7.24. The molecule has 152 valence electrons. The van der Waals surface area contributed by atoms with Crippen molar-refractivity contribution in [3.05, 3.63) is 0 Å². The Hall–Kier alpha value is -0.0800. The minimum Gasteiger partial charge on any atom is -0.391 e. The molecule has 2 atom stereocenters. The third-order valence-electron chi connectivity index (χ3n) is 6.32. The van der Waals surface area contributed by atoms with Crippen LogP contribution in [0, 0.1) is 11.3 Å². The molecule has 3 rings (SSSR count). The van der Waals surface area contributed by atoms with Crippen molar-refractivity contribution >= 4 is 29.9 Å². The molecule has 26 heavy (non-hydrogen) atoms. The van der Waals surface area contributed by atoms with Gasteiger partial charge in [0.25, 0.3) is 0 Å². The number of piperidine rings is 1. The van der Waals surface area contributed by atoms with Crippen LogP contribution in [-0.2, 0) is 4.74 Å². The molecule has 0 aromatic rings. The fourth-order valence-electron chi connectivity index (χ4n) is 4.89. The Kier molecular flexibility index (Phi) is 9.44. The lowest BCUT2D eigenvalue weighted by Crippen LogP contribution is -2.53. The highest BCUT2D eigenvalue weighted by molar-refractivity contribution is 14.0. The maximum atomic E-state index is 10.6. The highest BCUT2D eigenvalue weighted by atomic mass is 127. The van der Waals surface area contributed by atoms with E-state index in [1.807, 2.05) is 0 Å². The second-order valence-electron chi connectivity index (χ2n) is 8.34. The number of aliphatic hydroxyl groups excluding tert-OH is 1. The SMILES string of the molecule is CCNC(=NCC(O)C1CCCCC1)N1CCCC2(CCCOC2)C1.I. The highest BCUT2D eigenvalue weighted by Crippen LogP contribution is 2.37. The van der Waals surface area contributed by atoms with E-state index in [1.54, 1.807) is 0 Å². The molecule has 0 amide bonds. The number of hydrogen-bond donors (Lipinski definition) is 2. The van der Waals surface area contributed by atoms with Gasteiger partial charge in [-0.25, -0.2) is 0 Å². The van der Waals surface area contributed by atoms with Crippen molar-refractivity contribution in [1.29, 1.82) is 0 Å². The first-order valence-electron chi connectivity index (χ1n) is 10.5. The van der Waals surface area contributed by atoms with E-state index in [2.05, 4.69) is 17.1 Å². The molecule has 0 aromatic carbocycles. The number of halogens is 1. The Morgan fingerprint density at radius 2 is 2.00 bits per heavy atom. The minimum atomic E-state index is -0.286.